The van der Waals surface area contributed by atoms with E-state index in [-0.39, 0.29) is 46.4 Å². The van der Waals surface area contributed by atoms with E-state index in [0.29, 0.717) is 12.8 Å². The van der Waals surface area contributed by atoms with Crippen molar-refractivity contribution in [3.63, 3.8) is 0 Å². The van der Waals surface area contributed by atoms with E-state index in [1.54, 1.807) is 6.92 Å². The second-order valence-electron chi connectivity index (χ2n) is 3.85. The van der Waals surface area contributed by atoms with Crippen LogP contribution in [0.4, 0.5) is 0 Å². The summed E-state index contributed by atoms with van der Waals surface area (Å²) in [5.41, 5.74) is -0.373. The Kier molecular flexibility index (Phi) is 8.03. The van der Waals surface area contributed by atoms with E-state index in [4.69, 9.17) is 0 Å². The molecular weight excluding hydrogens is 295 g/mol. The van der Waals surface area contributed by atoms with Crippen molar-refractivity contribution >= 4 is 22.1 Å². The van der Waals surface area contributed by atoms with E-state index < -0.39 is 22.1 Å². The quantitative estimate of drug-likeness (QED) is 0.420. The summed E-state index contributed by atoms with van der Waals surface area (Å²) in [7, 11) is -3.94. The first-order valence-corrected chi connectivity index (χ1v) is 7.21. The van der Waals surface area contributed by atoms with Crippen LogP contribution < -0.4 is 34.7 Å². The van der Waals surface area contributed by atoms with Gasteiger partial charge in [0.05, 0.1) is 17.3 Å². The summed E-state index contributed by atoms with van der Waals surface area (Å²) in [4.78, 5) is 22.2. The van der Waals surface area contributed by atoms with E-state index >= 15 is 0 Å². The zero-order valence-electron chi connectivity index (χ0n) is 11.3. The zero-order valence-corrected chi connectivity index (χ0v) is 14.1. The van der Waals surface area contributed by atoms with Crippen molar-refractivity contribution in [1.82, 2.24) is 0 Å². The molecule has 0 fully saturated rings. The van der Waals surface area contributed by atoms with Gasteiger partial charge in [0, 0.05) is 0 Å². The minimum atomic E-state index is -3.94. The van der Waals surface area contributed by atoms with Crippen LogP contribution in [0, 0.1) is 0 Å². The monoisotopic (exact) mass is 308 g/mol. The van der Waals surface area contributed by atoms with Gasteiger partial charge in [-0.25, -0.2) is 4.79 Å². The van der Waals surface area contributed by atoms with Gasteiger partial charge in [-0.05, 0) is 24.1 Å². The van der Waals surface area contributed by atoms with Crippen LogP contribution in [0.25, 0.3) is 0 Å². The predicted molar refractivity (Wildman–Crippen MR) is 64.9 cm³/mol. The fourth-order valence-corrected chi connectivity index (χ4v) is 2.35. The first-order valence-electron chi connectivity index (χ1n) is 5.63. The molecule has 0 aromatic heterocycles. The fourth-order valence-electron chi connectivity index (χ4n) is 1.30. The molecule has 20 heavy (non-hydrogen) atoms. The topological polar surface area (TPSA) is 101 Å². The number of benzene rings is 1. The van der Waals surface area contributed by atoms with Crippen LogP contribution in [0.2, 0.25) is 0 Å². The zero-order chi connectivity index (χ0) is 14.5. The van der Waals surface area contributed by atoms with Gasteiger partial charge in [-0.2, -0.15) is 8.42 Å². The van der Waals surface area contributed by atoms with Gasteiger partial charge in [-0.15, -0.1) is 0 Å². The van der Waals surface area contributed by atoms with Gasteiger partial charge in [-0.3, -0.25) is 0 Å². The molecule has 0 saturated heterocycles. The molecule has 0 saturated carbocycles. The molecule has 0 aliphatic carbocycles. The van der Waals surface area contributed by atoms with Gasteiger partial charge in [0.2, 0.25) is 0 Å². The smallest absolute Gasteiger partial charge is 0.545 e. The van der Waals surface area contributed by atoms with Crippen LogP contribution in [0.15, 0.2) is 24.3 Å². The molecule has 0 N–H and O–H groups in total. The average Bonchev–Trinajstić information content (AvgIpc) is 2.36. The van der Waals surface area contributed by atoms with Crippen LogP contribution in [-0.2, 0) is 14.3 Å². The Labute approximate surface area is 139 Å². The number of unbranched alkanes of at least 4 members (excludes halogenated alkanes) is 1. The maximum absolute atomic E-state index is 11.6. The van der Waals surface area contributed by atoms with Gasteiger partial charge < -0.3 is 14.1 Å². The van der Waals surface area contributed by atoms with Gasteiger partial charge in [0.15, 0.2) is 0 Å². The van der Waals surface area contributed by atoms with E-state index in [2.05, 4.69) is 4.18 Å². The molecule has 0 amide bonds. The molecule has 0 unspecified atom stereocenters. The van der Waals surface area contributed by atoms with Crippen LogP contribution in [0.3, 0.4) is 0 Å². The Hall–Kier alpha value is -0.890. The molecule has 0 atom stereocenters. The van der Waals surface area contributed by atoms with E-state index in [1.165, 1.54) is 18.2 Å². The Morgan fingerprint density at radius 2 is 1.85 bits per heavy atom. The maximum atomic E-state index is 11.6. The number of aromatic carboxylic acids is 1. The number of carbonyl (C=O) groups is 2. The Balaban J connectivity index is 0.00000361. The van der Waals surface area contributed by atoms with Crippen molar-refractivity contribution in [1.29, 1.82) is 0 Å². The predicted octanol–water partition coefficient (Wildman–Crippen LogP) is -2.66. The number of rotatable bonds is 6. The standard InChI is InChI=1S/C12H14O6S.Na/c1-2-3-7-19(16,17)18-12(15)10-6-4-5-9(8-10)11(13)14;/h4-6,8H,2-3,7H2,1H3,(H,13,14);/q;+1/p-1. The third kappa shape index (κ3) is 6.04. The van der Waals surface area contributed by atoms with E-state index in [0.717, 1.165) is 6.07 Å². The van der Waals surface area contributed by atoms with E-state index in [1.807, 2.05) is 0 Å². The third-order valence-corrected chi connectivity index (χ3v) is 3.48. The molecule has 0 aliphatic rings. The molecule has 1 rings (SSSR count). The van der Waals surface area contributed by atoms with Gasteiger partial charge in [0.25, 0.3) is 0 Å². The Morgan fingerprint density at radius 3 is 2.40 bits per heavy atom. The van der Waals surface area contributed by atoms with E-state index in [9.17, 15) is 23.1 Å². The summed E-state index contributed by atoms with van der Waals surface area (Å²) < 4.78 is 27.2. The molecule has 0 bridgehead atoms. The molecule has 0 aliphatic heterocycles. The SMILES string of the molecule is CCCCS(=O)(=O)OC(=O)c1cccc(C(=O)[O-])c1.[Na+]. The molecule has 1 aromatic carbocycles. The summed E-state index contributed by atoms with van der Waals surface area (Å²) in [6.45, 7) is 1.81. The molecule has 1 aromatic rings. The van der Waals surface area contributed by atoms with Crippen LogP contribution >= 0.6 is 0 Å². The van der Waals surface area contributed by atoms with Crippen molar-refractivity contribution < 1.29 is 56.9 Å². The van der Waals surface area contributed by atoms with Crippen molar-refractivity contribution in [2.45, 2.75) is 19.8 Å². The minimum absolute atomic E-state index is 0. The number of carbonyl (C=O) groups excluding carboxylic acids is 2. The third-order valence-electron chi connectivity index (χ3n) is 2.28. The van der Waals surface area contributed by atoms with Crippen molar-refractivity contribution in [2.75, 3.05) is 5.75 Å². The summed E-state index contributed by atoms with van der Waals surface area (Å²) in [6, 6.07) is 4.81. The van der Waals surface area contributed by atoms with Gasteiger partial charge >= 0.3 is 45.6 Å². The maximum Gasteiger partial charge on any atom is 1.00 e. The molecular formula is C12H13NaO6S. The minimum Gasteiger partial charge on any atom is -0.545 e. The Morgan fingerprint density at radius 1 is 1.25 bits per heavy atom. The van der Waals surface area contributed by atoms with Crippen molar-refractivity contribution in [2.24, 2.45) is 0 Å². The molecule has 0 radical (unpaired) electrons. The number of hydrogen-bond donors (Lipinski definition) is 0. The fraction of sp³-hybridized carbons (Fsp3) is 0.333. The second-order valence-corrected chi connectivity index (χ2v) is 5.54. The normalized spacial score (nSPS) is 10.4. The van der Waals surface area contributed by atoms with Crippen LogP contribution in [0.5, 0.6) is 0 Å². The molecule has 6 nitrogen and oxygen atoms in total. The number of carboxylic acid groups (broad SMARTS) is 1. The van der Waals surface area contributed by atoms with Crippen LogP contribution in [0.1, 0.15) is 40.5 Å². The Bertz CT molecular complexity index is 581. The first-order chi connectivity index (χ1) is 8.85. The van der Waals surface area contributed by atoms with Crippen molar-refractivity contribution in [3.8, 4) is 0 Å². The number of hydrogen-bond acceptors (Lipinski definition) is 6. The summed E-state index contributed by atoms with van der Waals surface area (Å²) in [6.07, 6.45) is 1.03. The van der Waals surface area contributed by atoms with Gasteiger partial charge in [0.1, 0.15) is 0 Å². The summed E-state index contributed by atoms with van der Waals surface area (Å²) in [5.74, 6) is -2.81. The second kappa shape index (κ2) is 8.41. The van der Waals surface area contributed by atoms with Crippen molar-refractivity contribution in [3.05, 3.63) is 35.4 Å². The largest absolute Gasteiger partial charge is 1.00 e. The van der Waals surface area contributed by atoms with Crippen LogP contribution in [-0.4, -0.2) is 26.1 Å². The summed E-state index contributed by atoms with van der Waals surface area (Å²) >= 11 is 0. The number of carboxylic acids is 1. The molecule has 104 valence electrons. The average molecular weight is 308 g/mol. The molecule has 0 heterocycles. The molecule has 0 spiro atoms. The summed E-state index contributed by atoms with van der Waals surface area (Å²) in [5, 5.41) is 10.6. The molecule has 8 heteroatoms. The first kappa shape index (κ1) is 19.1. The van der Waals surface area contributed by atoms with Gasteiger partial charge in [-0.1, -0.05) is 25.5 Å².